The first-order chi connectivity index (χ1) is 12.0. The lowest BCUT2D eigenvalue weighted by Crippen LogP contribution is -2.27. The number of thiophene rings is 1. The Morgan fingerprint density at radius 1 is 1.24 bits per heavy atom. The van der Waals surface area contributed by atoms with E-state index in [2.05, 4.69) is 5.32 Å². The summed E-state index contributed by atoms with van der Waals surface area (Å²) in [5.74, 6) is -0.183. The van der Waals surface area contributed by atoms with Gasteiger partial charge < -0.3 is 5.32 Å². The van der Waals surface area contributed by atoms with Crippen LogP contribution in [0.2, 0.25) is 5.02 Å². The molecule has 0 radical (unpaired) electrons. The van der Waals surface area contributed by atoms with Crippen LogP contribution in [-0.2, 0) is 0 Å². The summed E-state index contributed by atoms with van der Waals surface area (Å²) < 4.78 is 0.973. The third-order valence-corrected chi connectivity index (χ3v) is 5.66. The quantitative estimate of drug-likeness (QED) is 0.504. The maximum atomic E-state index is 12.4. The monoisotopic (exact) mass is 374 g/mol. The molecule has 1 heterocycles. The molecular weight excluding hydrogens is 360 g/mol. The first-order valence-corrected chi connectivity index (χ1v) is 8.86. The maximum absolute atomic E-state index is 12.4. The lowest BCUT2D eigenvalue weighted by molar-refractivity contribution is -0.384. The summed E-state index contributed by atoms with van der Waals surface area (Å²) in [6.07, 6.45) is 0. The number of halogens is 1. The van der Waals surface area contributed by atoms with Crippen molar-refractivity contribution in [3.05, 3.63) is 74.1 Å². The number of rotatable bonds is 5. The lowest BCUT2D eigenvalue weighted by Gasteiger charge is -2.12. The number of carbonyl (C=O) groups is 1. The molecule has 0 fully saturated rings. The molecule has 0 saturated heterocycles. The van der Waals surface area contributed by atoms with Gasteiger partial charge in [0.1, 0.15) is 4.88 Å². The summed E-state index contributed by atoms with van der Waals surface area (Å²) in [4.78, 5) is 23.2. The minimum Gasteiger partial charge on any atom is -0.351 e. The Kier molecular flexibility index (Phi) is 5.01. The molecule has 1 N–H and O–H groups in total. The number of hydrogen-bond acceptors (Lipinski definition) is 4. The number of nitrogens with one attached hydrogen (secondary N) is 1. The van der Waals surface area contributed by atoms with Gasteiger partial charge in [-0.3, -0.25) is 14.9 Å². The van der Waals surface area contributed by atoms with Crippen LogP contribution in [0.5, 0.6) is 0 Å². The summed E-state index contributed by atoms with van der Waals surface area (Å²) in [6.45, 7) is 2.37. The standard InChI is InChI=1S/C18H15ClN2O3S/c1-11(12-6-8-13(9-7-12)21(23)24)10-20-18(22)17-16(19)14-4-2-3-5-15(14)25-17/h2-9,11H,10H2,1H3,(H,20,22)/t11-/m1/s1. The van der Waals surface area contributed by atoms with Gasteiger partial charge in [-0.1, -0.05) is 48.9 Å². The zero-order chi connectivity index (χ0) is 18.0. The Hall–Kier alpha value is -2.44. The van der Waals surface area contributed by atoms with Gasteiger partial charge in [0.05, 0.1) is 9.95 Å². The molecule has 1 amide bonds. The minimum absolute atomic E-state index is 0.0258. The Bertz CT molecular complexity index is 937. The molecular formula is C18H15ClN2O3S. The Balaban J connectivity index is 1.68. The fourth-order valence-corrected chi connectivity index (χ4v) is 3.96. The van der Waals surface area contributed by atoms with E-state index in [0.717, 1.165) is 15.6 Å². The number of fused-ring (bicyclic) bond motifs is 1. The van der Waals surface area contributed by atoms with Gasteiger partial charge in [-0.05, 0) is 17.5 Å². The molecule has 0 saturated carbocycles. The summed E-state index contributed by atoms with van der Waals surface area (Å²) in [6, 6.07) is 14.0. The molecule has 3 rings (SSSR count). The van der Waals surface area contributed by atoms with E-state index in [1.807, 2.05) is 31.2 Å². The number of carbonyl (C=O) groups excluding carboxylic acids is 1. The van der Waals surface area contributed by atoms with Gasteiger partial charge in [0.2, 0.25) is 0 Å². The van der Waals surface area contributed by atoms with E-state index in [9.17, 15) is 14.9 Å². The second kappa shape index (κ2) is 7.21. The summed E-state index contributed by atoms with van der Waals surface area (Å²) in [5, 5.41) is 14.9. The fourth-order valence-electron chi connectivity index (χ4n) is 2.53. The first kappa shape index (κ1) is 17.4. The normalized spacial score (nSPS) is 12.1. The highest BCUT2D eigenvalue weighted by Crippen LogP contribution is 2.35. The van der Waals surface area contributed by atoms with Crippen molar-refractivity contribution in [1.82, 2.24) is 5.32 Å². The van der Waals surface area contributed by atoms with Gasteiger partial charge >= 0.3 is 0 Å². The van der Waals surface area contributed by atoms with Crippen LogP contribution in [0, 0.1) is 10.1 Å². The van der Waals surface area contributed by atoms with Crippen LogP contribution in [-0.4, -0.2) is 17.4 Å². The van der Waals surface area contributed by atoms with E-state index < -0.39 is 4.92 Å². The van der Waals surface area contributed by atoms with Gasteiger partial charge in [-0.25, -0.2) is 0 Å². The van der Waals surface area contributed by atoms with Crippen molar-refractivity contribution in [2.24, 2.45) is 0 Å². The molecule has 0 aliphatic heterocycles. The number of nitro groups is 1. The SMILES string of the molecule is C[C@H](CNC(=O)c1sc2ccccc2c1Cl)c1ccc([N+](=O)[O-])cc1. The summed E-state index contributed by atoms with van der Waals surface area (Å²) >= 11 is 7.68. The van der Waals surface area contributed by atoms with E-state index >= 15 is 0 Å². The highest BCUT2D eigenvalue weighted by atomic mass is 35.5. The molecule has 3 aromatic rings. The van der Waals surface area contributed by atoms with E-state index in [1.54, 1.807) is 12.1 Å². The molecule has 1 aromatic heterocycles. The third kappa shape index (κ3) is 3.65. The summed E-state index contributed by atoms with van der Waals surface area (Å²) in [7, 11) is 0. The molecule has 0 bridgehead atoms. The minimum atomic E-state index is -0.431. The maximum Gasteiger partial charge on any atom is 0.269 e. The lowest BCUT2D eigenvalue weighted by atomic mass is 10.0. The number of hydrogen-bond donors (Lipinski definition) is 1. The average molecular weight is 375 g/mol. The molecule has 0 aliphatic rings. The number of nitro benzene ring substituents is 1. The summed E-state index contributed by atoms with van der Waals surface area (Å²) in [5.41, 5.74) is 0.977. The second-order valence-electron chi connectivity index (χ2n) is 5.70. The van der Waals surface area contributed by atoms with E-state index in [-0.39, 0.29) is 17.5 Å². The molecule has 7 heteroatoms. The van der Waals surface area contributed by atoms with Crippen molar-refractivity contribution in [3.8, 4) is 0 Å². The molecule has 0 unspecified atom stereocenters. The molecule has 5 nitrogen and oxygen atoms in total. The molecule has 1 atom stereocenters. The third-order valence-electron chi connectivity index (χ3n) is 3.98. The number of non-ortho nitro benzene ring substituents is 1. The zero-order valence-corrected chi connectivity index (χ0v) is 14.9. The van der Waals surface area contributed by atoms with Crippen molar-refractivity contribution < 1.29 is 9.72 Å². The number of benzene rings is 2. The molecule has 0 aliphatic carbocycles. The Morgan fingerprint density at radius 3 is 2.56 bits per heavy atom. The molecule has 25 heavy (non-hydrogen) atoms. The number of amides is 1. The Morgan fingerprint density at radius 2 is 1.92 bits per heavy atom. The van der Waals surface area contributed by atoms with Crippen LogP contribution >= 0.6 is 22.9 Å². The van der Waals surface area contributed by atoms with Gasteiger partial charge in [-0.2, -0.15) is 0 Å². The smallest absolute Gasteiger partial charge is 0.269 e. The van der Waals surface area contributed by atoms with Crippen LogP contribution in [0.4, 0.5) is 5.69 Å². The van der Waals surface area contributed by atoms with Crippen molar-refractivity contribution >= 4 is 44.6 Å². The van der Waals surface area contributed by atoms with Crippen molar-refractivity contribution in [1.29, 1.82) is 0 Å². The molecule has 0 spiro atoms. The van der Waals surface area contributed by atoms with E-state index in [1.165, 1.54) is 23.5 Å². The van der Waals surface area contributed by atoms with Gasteiger partial charge in [0.25, 0.3) is 11.6 Å². The average Bonchev–Trinajstić information content (AvgIpc) is 2.96. The Labute approximate surface area is 153 Å². The predicted octanol–water partition coefficient (Wildman–Crippen LogP) is 5.00. The van der Waals surface area contributed by atoms with Gasteiger partial charge in [0.15, 0.2) is 0 Å². The van der Waals surface area contributed by atoms with Crippen molar-refractivity contribution in [2.75, 3.05) is 6.54 Å². The molecule has 2 aromatic carbocycles. The first-order valence-electron chi connectivity index (χ1n) is 7.67. The van der Waals surface area contributed by atoms with Crippen LogP contribution in [0.25, 0.3) is 10.1 Å². The fraction of sp³-hybridized carbons (Fsp3) is 0.167. The number of nitrogens with zero attached hydrogens (tertiary/aromatic N) is 1. The highest BCUT2D eigenvalue weighted by Gasteiger charge is 2.18. The van der Waals surface area contributed by atoms with Gasteiger partial charge in [0, 0.05) is 28.8 Å². The predicted molar refractivity (Wildman–Crippen MR) is 101 cm³/mol. The van der Waals surface area contributed by atoms with Crippen LogP contribution in [0.3, 0.4) is 0 Å². The van der Waals surface area contributed by atoms with Crippen LogP contribution in [0.15, 0.2) is 48.5 Å². The largest absolute Gasteiger partial charge is 0.351 e. The van der Waals surface area contributed by atoms with Crippen LogP contribution in [0.1, 0.15) is 28.1 Å². The highest BCUT2D eigenvalue weighted by molar-refractivity contribution is 7.21. The van der Waals surface area contributed by atoms with E-state index in [4.69, 9.17) is 11.6 Å². The topological polar surface area (TPSA) is 72.2 Å². The van der Waals surface area contributed by atoms with Crippen molar-refractivity contribution in [2.45, 2.75) is 12.8 Å². The molecule has 128 valence electrons. The zero-order valence-electron chi connectivity index (χ0n) is 13.4. The van der Waals surface area contributed by atoms with Crippen molar-refractivity contribution in [3.63, 3.8) is 0 Å². The second-order valence-corrected chi connectivity index (χ2v) is 7.13. The van der Waals surface area contributed by atoms with E-state index in [0.29, 0.717) is 16.4 Å². The van der Waals surface area contributed by atoms with Crippen LogP contribution < -0.4 is 5.32 Å². The van der Waals surface area contributed by atoms with Gasteiger partial charge in [-0.15, -0.1) is 11.3 Å².